The monoisotopic (exact) mass is 206 g/mol. The average molecular weight is 206 g/mol. The normalized spacial score (nSPS) is 10.5. The van der Waals surface area contributed by atoms with Crippen molar-refractivity contribution >= 4 is 18.6 Å². The van der Waals surface area contributed by atoms with Crippen LogP contribution in [0.3, 0.4) is 0 Å². The summed E-state index contributed by atoms with van der Waals surface area (Å²) in [5, 5.41) is 0. The van der Waals surface area contributed by atoms with E-state index in [2.05, 4.69) is 26.5 Å². The van der Waals surface area contributed by atoms with Crippen LogP contribution in [0.5, 0.6) is 0 Å². The zero-order valence-corrected chi connectivity index (χ0v) is 9.40. The molecule has 0 aliphatic carbocycles. The summed E-state index contributed by atoms with van der Waals surface area (Å²) in [5.41, 5.74) is 0. The lowest BCUT2D eigenvalue weighted by atomic mass is 10.5. The average Bonchev–Trinajstić information content (AvgIpc) is 2.13. The fourth-order valence-electron chi connectivity index (χ4n) is 1.08. The number of nitrogens with one attached hydrogen (secondary N) is 1. The number of carbonyl (C=O) groups is 1. The Kier molecular flexibility index (Phi) is 8.24. The van der Waals surface area contributed by atoms with E-state index in [0.29, 0.717) is 18.8 Å². The largest absolute Gasteiger partial charge is 0.460 e. The third-order valence-corrected chi connectivity index (χ3v) is 2.26. The van der Waals surface area contributed by atoms with Crippen LogP contribution in [-0.4, -0.2) is 38.0 Å². The first-order chi connectivity index (χ1) is 6.24. The Morgan fingerprint density at radius 2 is 2.00 bits per heavy atom. The van der Waals surface area contributed by atoms with Gasteiger partial charge in [-0.05, 0) is 13.8 Å². The highest BCUT2D eigenvalue weighted by Gasteiger charge is 2.04. The topological polar surface area (TPSA) is 30.7 Å². The minimum absolute atomic E-state index is 0.137. The molecule has 0 radical (unpaired) electrons. The van der Waals surface area contributed by atoms with Crippen molar-refractivity contribution in [1.29, 1.82) is 0 Å². The first-order valence-corrected chi connectivity index (χ1v) is 5.47. The molecule has 0 heterocycles. The summed E-state index contributed by atoms with van der Waals surface area (Å²) >= 11 is 3.95. The number of thiol groups is 1. The minimum atomic E-state index is -0.137. The van der Waals surface area contributed by atoms with Crippen molar-refractivity contribution in [2.45, 2.75) is 20.3 Å². The smallest absolute Gasteiger partial charge is 0.306 e. The zero-order valence-electron chi connectivity index (χ0n) is 8.51. The maximum absolute atomic E-state index is 10.9. The quantitative estimate of drug-likeness (QED) is 0.445. The van der Waals surface area contributed by atoms with Gasteiger partial charge in [0.05, 0.1) is 19.5 Å². The molecule has 0 aliphatic rings. The number of rotatable bonds is 7. The molecular formula is C9H20NO2S+. The molecule has 0 saturated carbocycles. The second-order valence-corrected chi connectivity index (χ2v) is 3.35. The Balaban J connectivity index is 3.37. The molecule has 0 aromatic rings. The van der Waals surface area contributed by atoms with Gasteiger partial charge in [-0.25, -0.2) is 0 Å². The van der Waals surface area contributed by atoms with Gasteiger partial charge in [0.25, 0.3) is 0 Å². The zero-order chi connectivity index (χ0) is 10.1. The molecule has 0 fully saturated rings. The third kappa shape index (κ3) is 6.90. The van der Waals surface area contributed by atoms with Crippen LogP contribution >= 0.6 is 12.6 Å². The van der Waals surface area contributed by atoms with Crippen LogP contribution in [0.25, 0.3) is 0 Å². The van der Waals surface area contributed by atoms with Crippen molar-refractivity contribution < 1.29 is 14.4 Å². The Morgan fingerprint density at radius 1 is 1.38 bits per heavy atom. The van der Waals surface area contributed by atoms with E-state index >= 15 is 0 Å². The van der Waals surface area contributed by atoms with Gasteiger partial charge in [0, 0.05) is 5.75 Å². The van der Waals surface area contributed by atoms with E-state index in [4.69, 9.17) is 4.74 Å². The molecule has 0 amide bonds. The number of hydrogen-bond acceptors (Lipinski definition) is 3. The molecule has 0 unspecified atom stereocenters. The van der Waals surface area contributed by atoms with Crippen LogP contribution in [0.15, 0.2) is 0 Å². The van der Waals surface area contributed by atoms with E-state index < -0.39 is 0 Å². The van der Waals surface area contributed by atoms with Gasteiger partial charge >= 0.3 is 5.97 Å². The first-order valence-electron chi connectivity index (χ1n) is 4.84. The van der Waals surface area contributed by atoms with Crippen molar-refractivity contribution in [3.05, 3.63) is 0 Å². The van der Waals surface area contributed by atoms with Crippen molar-refractivity contribution in [3.8, 4) is 0 Å². The van der Waals surface area contributed by atoms with Crippen LogP contribution in [0.2, 0.25) is 0 Å². The molecule has 0 spiro atoms. The van der Waals surface area contributed by atoms with E-state index in [1.807, 2.05) is 0 Å². The Bertz CT molecular complexity index is 138. The highest BCUT2D eigenvalue weighted by atomic mass is 32.1. The predicted molar refractivity (Wildman–Crippen MR) is 56.3 cm³/mol. The second kappa shape index (κ2) is 8.38. The van der Waals surface area contributed by atoms with E-state index in [1.165, 1.54) is 4.90 Å². The standard InChI is InChI=1S/C9H19NO2S/c1-3-10(4-2)6-7-12-9(11)5-8-13/h13H,3-8H2,1-2H3/p+1. The summed E-state index contributed by atoms with van der Waals surface area (Å²) < 4.78 is 5.01. The van der Waals surface area contributed by atoms with Crippen LogP contribution in [-0.2, 0) is 9.53 Å². The van der Waals surface area contributed by atoms with Crippen LogP contribution in [0.1, 0.15) is 20.3 Å². The molecular weight excluding hydrogens is 186 g/mol. The van der Waals surface area contributed by atoms with Gasteiger partial charge in [-0.1, -0.05) is 0 Å². The van der Waals surface area contributed by atoms with Crippen molar-refractivity contribution in [3.63, 3.8) is 0 Å². The van der Waals surface area contributed by atoms with Crippen molar-refractivity contribution in [2.75, 3.05) is 32.0 Å². The summed E-state index contributed by atoms with van der Waals surface area (Å²) in [7, 11) is 0. The molecule has 13 heavy (non-hydrogen) atoms. The lowest BCUT2D eigenvalue weighted by Gasteiger charge is -2.14. The number of hydrogen-bond donors (Lipinski definition) is 2. The SMILES string of the molecule is CC[NH+](CC)CCOC(=O)CCS. The van der Waals surface area contributed by atoms with E-state index in [-0.39, 0.29) is 5.97 Å². The molecule has 4 heteroatoms. The maximum Gasteiger partial charge on any atom is 0.306 e. The third-order valence-electron chi connectivity index (χ3n) is 2.03. The fourth-order valence-corrected chi connectivity index (χ4v) is 1.26. The molecule has 1 N–H and O–H groups in total. The molecule has 78 valence electrons. The molecule has 3 nitrogen and oxygen atoms in total. The molecule has 0 saturated heterocycles. The molecule has 0 atom stereocenters. The van der Waals surface area contributed by atoms with Crippen molar-refractivity contribution in [1.82, 2.24) is 0 Å². The lowest BCUT2D eigenvalue weighted by molar-refractivity contribution is -0.896. The molecule has 0 rings (SSSR count). The van der Waals surface area contributed by atoms with Gasteiger partial charge < -0.3 is 9.64 Å². The van der Waals surface area contributed by atoms with Gasteiger partial charge in [-0.15, -0.1) is 0 Å². The van der Waals surface area contributed by atoms with Gasteiger partial charge in [-0.3, -0.25) is 4.79 Å². The number of esters is 1. The van der Waals surface area contributed by atoms with Crippen LogP contribution in [0, 0.1) is 0 Å². The predicted octanol–water partition coefficient (Wildman–Crippen LogP) is -0.226. The summed E-state index contributed by atoms with van der Waals surface area (Å²) in [6.07, 6.45) is 0.413. The van der Waals surface area contributed by atoms with E-state index in [9.17, 15) is 4.79 Å². The molecule has 0 aliphatic heterocycles. The van der Waals surface area contributed by atoms with E-state index in [0.717, 1.165) is 19.6 Å². The summed E-state index contributed by atoms with van der Waals surface area (Å²) in [5.74, 6) is 0.429. The molecule has 0 bridgehead atoms. The van der Waals surface area contributed by atoms with Crippen molar-refractivity contribution in [2.24, 2.45) is 0 Å². The number of ether oxygens (including phenoxy) is 1. The Morgan fingerprint density at radius 3 is 2.46 bits per heavy atom. The summed E-state index contributed by atoms with van der Waals surface area (Å²) in [6.45, 7) is 7.87. The number of likely N-dealkylation sites (N-methyl/N-ethyl adjacent to an activating group) is 1. The Hall–Kier alpha value is -0.220. The van der Waals surface area contributed by atoms with Gasteiger partial charge in [-0.2, -0.15) is 12.6 Å². The highest BCUT2D eigenvalue weighted by Crippen LogP contribution is 1.87. The highest BCUT2D eigenvalue weighted by molar-refractivity contribution is 7.80. The van der Waals surface area contributed by atoms with E-state index in [1.54, 1.807) is 0 Å². The first kappa shape index (κ1) is 12.8. The number of carbonyl (C=O) groups excluding carboxylic acids is 1. The second-order valence-electron chi connectivity index (χ2n) is 2.90. The fraction of sp³-hybridized carbons (Fsp3) is 0.889. The van der Waals surface area contributed by atoms with Crippen LogP contribution in [0.4, 0.5) is 0 Å². The lowest BCUT2D eigenvalue weighted by Crippen LogP contribution is -3.11. The molecule has 0 aromatic heterocycles. The molecule has 0 aromatic carbocycles. The minimum Gasteiger partial charge on any atom is -0.460 e. The summed E-state index contributed by atoms with van der Waals surface area (Å²) in [4.78, 5) is 12.4. The van der Waals surface area contributed by atoms with Gasteiger partial charge in [0.15, 0.2) is 0 Å². The number of quaternary nitrogens is 1. The summed E-state index contributed by atoms with van der Waals surface area (Å²) in [6, 6.07) is 0. The van der Waals surface area contributed by atoms with Gasteiger partial charge in [0.2, 0.25) is 0 Å². The van der Waals surface area contributed by atoms with Crippen LogP contribution < -0.4 is 4.90 Å². The van der Waals surface area contributed by atoms with Gasteiger partial charge in [0.1, 0.15) is 13.2 Å². The Labute approximate surface area is 85.8 Å². The maximum atomic E-state index is 10.9.